The molecule has 100 valence electrons. The molecule has 0 aliphatic carbocycles. The van der Waals surface area contributed by atoms with Gasteiger partial charge in [0, 0.05) is 23.1 Å². The van der Waals surface area contributed by atoms with Crippen LogP contribution in [0, 0.1) is 0 Å². The summed E-state index contributed by atoms with van der Waals surface area (Å²) in [4.78, 5) is 4.21. The number of hydrogen-bond acceptors (Lipinski definition) is 1. The van der Waals surface area contributed by atoms with Crippen molar-refractivity contribution in [2.75, 3.05) is 13.1 Å². The molecule has 0 saturated carbocycles. The fourth-order valence-corrected chi connectivity index (χ4v) is 2.07. The molecule has 0 heterocycles. The van der Waals surface area contributed by atoms with E-state index in [1.807, 2.05) is 12.1 Å². The Morgan fingerprint density at radius 3 is 2.56 bits per heavy atom. The van der Waals surface area contributed by atoms with Gasteiger partial charge in [0.15, 0.2) is 5.96 Å². The van der Waals surface area contributed by atoms with Crippen LogP contribution >= 0.6 is 23.2 Å². The van der Waals surface area contributed by atoms with E-state index in [0.29, 0.717) is 16.0 Å². The molecule has 18 heavy (non-hydrogen) atoms. The Hall–Kier alpha value is -0.930. The van der Waals surface area contributed by atoms with Crippen LogP contribution in [0.2, 0.25) is 10.0 Å². The molecule has 0 saturated heterocycles. The van der Waals surface area contributed by atoms with E-state index in [-0.39, 0.29) is 0 Å². The highest BCUT2D eigenvalue weighted by Crippen LogP contribution is 2.19. The fourth-order valence-electron chi connectivity index (χ4n) is 1.50. The SMILES string of the molecule is CCCCN=C(N)NCCc1cc(Cl)cc(Cl)c1. The van der Waals surface area contributed by atoms with Gasteiger partial charge in [0.25, 0.3) is 0 Å². The molecule has 0 atom stereocenters. The number of nitrogens with one attached hydrogen (secondary N) is 1. The molecule has 0 amide bonds. The Bertz CT molecular complexity index is 385. The Morgan fingerprint density at radius 1 is 1.28 bits per heavy atom. The van der Waals surface area contributed by atoms with Crippen molar-refractivity contribution in [1.29, 1.82) is 0 Å². The van der Waals surface area contributed by atoms with Gasteiger partial charge in [-0.1, -0.05) is 36.5 Å². The van der Waals surface area contributed by atoms with Crippen LogP contribution in [0.1, 0.15) is 25.3 Å². The molecular weight excluding hydrogens is 269 g/mol. The number of halogens is 2. The summed E-state index contributed by atoms with van der Waals surface area (Å²) < 4.78 is 0. The van der Waals surface area contributed by atoms with Crippen molar-refractivity contribution in [3.63, 3.8) is 0 Å². The number of benzene rings is 1. The lowest BCUT2D eigenvalue weighted by atomic mass is 10.1. The van der Waals surface area contributed by atoms with E-state index in [4.69, 9.17) is 28.9 Å². The molecule has 1 aromatic rings. The van der Waals surface area contributed by atoms with Crippen molar-refractivity contribution in [2.45, 2.75) is 26.2 Å². The van der Waals surface area contributed by atoms with Crippen LogP contribution in [0.5, 0.6) is 0 Å². The first-order valence-corrected chi connectivity index (χ1v) is 6.86. The van der Waals surface area contributed by atoms with Crippen molar-refractivity contribution < 1.29 is 0 Å². The highest BCUT2D eigenvalue weighted by Gasteiger charge is 1.99. The normalized spacial score (nSPS) is 11.6. The smallest absolute Gasteiger partial charge is 0.188 e. The van der Waals surface area contributed by atoms with Crippen molar-refractivity contribution in [3.05, 3.63) is 33.8 Å². The van der Waals surface area contributed by atoms with Gasteiger partial charge in [-0.15, -0.1) is 0 Å². The summed E-state index contributed by atoms with van der Waals surface area (Å²) >= 11 is 11.8. The second kappa shape index (κ2) is 8.22. The van der Waals surface area contributed by atoms with Crippen molar-refractivity contribution in [1.82, 2.24) is 5.32 Å². The molecule has 0 bridgehead atoms. The molecular formula is C13H19Cl2N3. The number of unbranched alkanes of at least 4 members (excludes halogenated alkanes) is 1. The van der Waals surface area contributed by atoms with Gasteiger partial charge >= 0.3 is 0 Å². The summed E-state index contributed by atoms with van der Waals surface area (Å²) in [5, 5.41) is 4.38. The molecule has 0 aromatic heterocycles. The van der Waals surface area contributed by atoms with E-state index in [1.54, 1.807) is 6.07 Å². The minimum Gasteiger partial charge on any atom is -0.370 e. The molecule has 0 aliphatic heterocycles. The Morgan fingerprint density at radius 2 is 1.94 bits per heavy atom. The van der Waals surface area contributed by atoms with E-state index >= 15 is 0 Å². The zero-order chi connectivity index (χ0) is 13.4. The zero-order valence-electron chi connectivity index (χ0n) is 10.5. The largest absolute Gasteiger partial charge is 0.370 e. The van der Waals surface area contributed by atoms with Crippen LogP contribution in [0.3, 0.4) is 0 Å². The van der Waals surface area contributed by atoms with Crippen LogP contribution in [0.25, 0.3) is 0 Å². The van der Waals surface area contributed by atoms with Gasteiger partial charge in [0.1, 0.15) is 0 Å². The number of hydrogen-bond donors (Lipinski definition) is 2. The van der Waals surface area contributed by atoms with Gasteiger partial charge in [-0.05, 0) is 36.6 Å². The van der Waals surface area contributed by atoms with E-state index in [9.17, 15) is 0 Å². The van der Waals surface area contributed by atoms with Gasteiger partial charge in [0.05, 0.1) is 0 Å². The van der Waals surface area contributed by atoms with E-state index in [2.05, 4.69) is 17.2 Å². The van der Waals surface area contributed by atoms with Crippen LogP contribution < -0.4 is 11.1 Å². The first-order valence-electron chi connectivity index (χ1n) is 6.10. The highest BCUT2D eigenvalue weighted by atomic mass is 35.5. The summed E-state index contributed by atoms with van der Waals surface area (Å²) in [7, 11) is 0. The molecule has 1 aromatic carbocycles. The first-order chi connectivity index (χ1) is 8.61. The maximum Gasteiger partial charge on any atom is 0.188 e. The molecule has 0 fully saturated rings. The summed E-state index contributed by atoms with van der Waals surface area (Å²) in [6, 6.07) is 5.53. The quantitative estimate of drug-likeness (QED) is 0.479. The van der Waals surface area contributed by atoms with E-state index in [1.165, 1.54) is 0 Å². The molecule has 0 radical (unpaired) electrons. The minimum atomic E-state index is 0.497. The minimum absolute atomic E-state index is 0.497. The average molecular weight is 288 g/mol. The fraction of sp³-hybridized carbons (Fsp3) is 0.462. The number of nitrogens with two attached hydrogens (primary N) is 1. The number of rotatable bonds is 6. The number of guanidine groups is 1. The van der Waals surface area contributed by atoms with Crippen LogP contribution in [0.15, 0.2) is 23.2 Å². The predicted octanol–water partition coefficient (Wildman–Crippen LogP) is 3.24. The maximum absolute atomic E-state index is 5.92. The lowest BCUT2D eigenvalue weighted by Gasteiger charge is -2.06. The molecule has 0 unspecified atom stereocenters. The molecule has 0 spiro atoms. The topological polar surface area (TPSA) is 50.4 Å². The Labute approximate surface area is 118 Å². The molecule has 5 heteroatoms. The number of nitrogens with zero attached hydrogens (tertiary/aromatic N) is 1. The monoisotopic (exact) mass is 287 g/mol. The average Bonchev–Trinajstić information content (AvgIpc) is 2.28. The molecule has 0 aliphatic rings. The zero-order valence-corrected chi connectivity index (χ0v) is 12.1. The third-order valence-corrected chi connectivity index (χ3v) is 2.87. The predicted molar refractivity (Wildman–Crippen MR) is 79.6 cm³/mol. The molecule has 3 N–H and O–H groups in total. The van der Waals surface area contributed by atoms with Crippen molar-refractivity contribution in [3.8, 4) is 0 Å². The first kappa shape index (κ1) is 15.1. The second-order valence-electron chi connectivity index (χ2n) is 4.07. The summed E-state index contributed by atoms with van der Waals surface area (Å²) in [6.45, 7) is 3.62. The van der Waals surface area contributed by atoms with Gasteiger partial charge in [-0.25, -0.2) is 0 Å². The summed E-state index contributed by atoms with van der Waals surface area (Å²) in [5.74, 6) is 0.497. The molecule has 1 rings (SSSR count). The standard InChI is InChI=1S/C13H19Cl2N3/c1-2-3-5-17-13(16)18-6-4-10-7-11(14)9-12(15)8-10/h7-9H,2-6H2,1H3,(H3,16,17,18). The van der Waals surface area contributed by atoms with E-state index < -0.39 is 0 Å². The van der Waals surface area contributed by atoms with Gasteiger partial charge in [-0.3, -0.25) is 4.99 Å². The third-order valence-electron chi connectivity index (χ3n) is 2.44. The molecule has 3 nitrogen and oxygen atoms in total. The van der Waals surface area contributed by atoms with Crippen molar-refractivity contribution in [2.24, 2.45) is 10.7 Å². The van der Waals surface area contributed by atoms with Gasteiger partial charge < -0.3 is 11.1 Å². The van der Waals surface area contributed by atoms with Crippen molar-refractivity contribution >= 4 is 29.2 Å². The number of aliphatic imine (C=N–C) groups is 1. The second-order valence-corrected chi connectivity index (χ2v) is 4.95. The third kappa shape index (κ3) is 6.12. The Kier molecular flexibility index (Phi) is 6.91. The lowest BCUT2D eigenvalue weighted by molar-refractivity contribution is 0.791. The Balaban J connectivity index is 2.34. The van der Waals surface area contributed by atoms with Crippen LogP contribution in [-0.4, -0.2) is 19.0 Å². The lowest BCUT2D eigenvalue weighted by Crippen LogP contribution is -2.33. The van der Waals surface area contributed by atoms with E-state index in [0.717, 1.165) is 37.9 Å². The highest BCUT2D eigenvalue weighted by molar-refractivity contribution is 6.34. The maximum atomic E-state index is 5.92. The van der Waals surface area contributed by atoms with Crippen LogP contribution in [0.4, 0.5) is 0 Å². The van der Waals surface area contributed by atoms with Crippen LogP contribution in [-0.2, 0) is 6.42 Å². The summed E-state index contributed by atoms with van der Waals surface area (Å²) in [5.41, 5.74) is 6.81. The van der Waals surface area contributed by atoms with Gasteiger partial charge in [-0.2, -0.15) is 0 Å². The van der Waals surface area contributed by atoms with Gasteiger partial charge in [0.2, 0.25) is 0 Å². The summed E-state index contributed by atoms with van der Waals surface area (Å²) in [6.07, 6.45) is 2.99.